The van der Waals surface area contributed by atoms with Crippen molar-refractivity contribution in [3.63, 3.8) is 0 Å². The first-order valence-electron chi connectivity index (χ1n) is 7.38. The zero-order valence-corrected chi connectivity index (χ0v) is 12.9. The summed E-state index contributed by atoms with van der Waals surface area (Å²) in [6.45, 7) is 0.819. The van der Waals surface area contributed by atoms with Gasteiger partial charge in [-0.25, -0.2) is 0 Å². The zero-order valence-electron chi connectivity index (χ0n) is 12.2. The van der Waals surface area contributed by atoms with Crippen molar-refractivity contribution in [1.29, 1.82) is 0 Å². The Labute approximate surface area is 131 Å². The fraction of sp³-hybridized carbons (Fsp3) is 0.333. The molecule has 0 heterocycles. The fourth-order valence-corrected chi connectivity index (χ4v) is 2.97. The van der Waals surface area contributed by atoms with E-state index in [4.69, 9.17) is 16.3 Å². The molecule has 2 nitrogen and oxygen atoms in total. The van der Waals surface area contributed by atoms with E-state index in [-0.39, 0.29) is 0 Å². The number of rotatable bonds is 6. The van der Waals surface area contributed by atoms with Gasteiger partial charge in [-0.1, -0.05) is 48.0 Å². The average molecular weight is 302 g/mol. The van der Waals surface area contributed by atoms with E-state index >= 15 is 0 Å². The molecule has 0 aromatic heterocycles. The molecule has 1 N–H and O–H groups in total. The highest BCUT2D eigenvalue weighted by Gasteiger charge is 2.31. The summed E-state index contributed by atoms with van der Waals surface area (Å²) in [4.78, 5) is 0. The standard InChI is InChI=1S/C18H20ClNO/c1-21-17-10-7-13(11-16(17)19)12-20-18(15-8-9-15)14-5-3-2-4-6-14/h2-7,10-11,15,18,20H,8-9,12H2,1H3. The van der Waals surface area contributed by atoms with Gasteiger partial charge in [0.2, 0.25) is 0 Å². The van der Waals surface area contributed by atoms with Crippen LogP contribution in [-0.2, 0) is 6.54 Å². The van der Waals surface area contributed by atoms with Crippen LogP contribution in [0.25, 0.3) is 0 Å². The summed E-state index contributed by atoms with van der Waals surface area (Å²) >= 11 is 6.18. The molecule has 21 heavy (non-hydrogen) atoms. The summed E-state index contributed by atoms with van der Waals surface area (Å²) in [7, 11) is 1.64. The van der Waals surface area contributed by atoms with Crippen LogP contribution in [0.4, 0.5) is 0 Å². The molecule has 0 bridgehead atoms. The third-order valence-electron chi connectivity index (χ3n) is 3.99. The minimum Gasteiger partial charge on any atom is -0.495 e. The van der Waals surface area contributed by atoms with Crippen molar-refractivity contribution in [3.8, 4) is 5.75 Å². The molecule has 1 aliphatic rings. The smallest absolute Gasteiger partial charge is 0.137 e. The summed E-state index contributed by atoms with van der Waals surface area (Å²) < 4.78 is 5.19. The second kappa shape index (κ2) is 6.50. The van der Waals surface area contributed by atoms with E-state index in [0.29, 0.717) is 11.1 Å². The van der Waals surface area contributed by atoms with Crippen LogP contribution in [0.15, 0.2) is 48.5 Å². The van der Waals surface area contributed by atoms with Gasteiger partial charge in [-0.05, 0) is 42.0 Å². The number of hydrogen-bond donors (Lipinski definition) is 1. The van der Waals surface area contributed by atoms with Crippen molar-refractivity contribution in [2.45, 2.75) is 25.4 Å². The van der Waals surface area contributed by atoms with Crippen LogP contribution in [0, 0.1) is 5.92 Å². The molecule has 1 unspecified atom stereocenters. The maximum atomic E-state index is 6.18. The molecule has 1 aliphatic carbocycles. The van der Waals surface area contributed by atoms with Gasteiger partial charge in [-0.15, -0.1) is 0 Å². The lowest BCUT2D eigenvalue weighted by Gasteiger charge is -2.19. The Morgan fingerprint density at radius 2 is 1.95 bits per heavy atom. The predicted octanol–water partition coefficient (Wildman–Crippen LogP) is 4.59. The van der Waals surface area contributed by atoms with Gasteiger partial charge in [0.05, 0.1) is 12.1 Å². The minimum atomic E-state index is 0.437. The first-order chi connectivity index (χ1) is 10.3. The van der Waals surface area contributed by atoms with E-state index in [1.54, 1.807) is 7.11 Å². The molecule has 110 valence electrons. The molecule has 0 aliphatic heterocycles. The molecular weight excluding hydrogens is 282 g/mol. The number of hydrogen-bond acceptors (Lipinski definition) is 2. The normalized spacial score (nSPS) is 15.7. The SMILES string of the molecule is COc1ccc(CNC(c2ccccc2)C2CC2)cc1Cl. The molecule has 1 atom stereocenters. The highest BCUT2D eigenvalue weighted by atomic mass is 35.5. The van der Waals surface area contributed by atoms with E-state index in [2.05, 4.69) is 41.7 Å². The van der Waals surface area contributed by atoms with Crippen molar-refractivity contribution in [1.82, 2.24) is 5.32 Å². The van der Waals surface area contributed by atoms with Gasteiger partial charge in [0.15, 0.2) is 0 Å². The highest BCUT2D eigenvalue weighted by Crippen LogP contribution is 2.41. The number of halogens is 1. The molecule has 1 fully saturated rings. The van der Waals surface area contributed by atoms with Crippen molar-refractivity contribution in [2.24, 2.45) is 5.92 Å². The van der Waals surface area contributed by atoms with E-state index in [1.165, 1.54) is 24.0 Å². The number of nitrogens with one attached hydrogen (secondary N) is 1. The van der Waals surface area contributed by atoms with E-state index < -0.39 is 0 Å². The lowest BCUT2D eigenvalue weighted by Crippen LogP contribution is -2.22. The Morgan fingerprint density at radius 1 is 1.19 bits per heavy atom. The lowest BCUT2D eigenvalue weighted by atomic mass is 10.0. The van der Waals surface area contributed by atoms with Crippen LogP contribution in [0.2, 0.25) is 5.02 Å². The molecule has 1 saturated carbocycles. The fourth-order valence-electron chi connectivity index (χ4n) is 2.69. The second-order valence-corrected chi connectivity index (χ2v) is 5.98. The lowest BCUT2D eigenvalue weighted by molar-refractivity contribution is 0.414. The average Bonchev–Trinajstić information content (AvgIpc) is 3.34. The second-order valence-electron chi connectivity index (χ2n) is 5.58. The summed E-state index contributed by atoms with van der Waals surface area (Å²) in [5, 5.41) is 4.35. The monoisotopic (exact) mass is 301 g/mol. The molecule has 0 radical (unpaired) electrons. The van der Waals surface area contributed by atoms with Crippen LogP contribution in [-0.4, -0.2) is 7.11 Å². The van der Waals surface area contributed by atoms with Crippen molar-refractivity contribution >= 4 is 11.6 Å². The third kappa shape index (κ3) is 3.58. The zero-order chi connectivity index (χ0) is 14.7. The number of ether oxygens (including phenoxy) is 1. The van der Waals surface area contributed by atoms with Gasteiger partial charge in [-0.3, -0.25) is 0 Å². The van der Waals surface area contributed by atoms with Crippen LogP contribution < -0.4 is 10.1 Å². The first kappa shape index (κ1) is 14.4. The maximum Gasteiger partial charge on any atom is 0.137 e. The Bertz CT molecular complexity index is 595. The molecular formula is C18H20ClNO. The van der Waals surface area contributed by atoms with Crippen molar-refractivity contribution in [2.75, 3.05) is 7.11 Å². The molecule has 0 amide bonds. The minimum absolute atomic E-state index is 0.437. The predicted molar refractivity (Wildman–Crippen MR) is 86.8 cm³/mol. The van der Waals surface area contributed by atoms with Gasteiger partial charge in [0.1, 0.15) is 5.75 Å². The Balaban J connectivity index is 1.69. The molecule has 3 rings (SSSR count). The maximum absolute atomic E-state index is 6.18. The summed E-state index contributed by atoms with van der Waals surface area (Å²) in [6, 6.07) is 17.1. The summed E-state index contributed by atoms with van der Waals surface area (Å²) in [5.74, 6) is 1.49. The van der Waals surface area contributed by atoms with Gasteiger partial charge < -0.3 is 10.1 Å². The Kier molecular flexibility index (Phi) is 4.47. The molecule has 2 aromatic carbocycles. The van der Waals surface area contributed by atoms with Crippen LogP contribution >= 0.6 is 11.6 Å². The quantitative estimate of drug-likeness (QED) is 0.842. The highest BCUT2D eigenvalue weighted by molar-refractivity contribution is 6.32. The molecule has 2 aromatic rings. The molecule has 0 saturated heterocycles. The van der Waals surface area contributed by atoms with E-state index in [0.717, 1.165) is 18.2 Å². The van der Waals surface area contributed by atoms with E-state index in [1.807, 2.05) is 12.1 Å². The van der Waals surface area contributed by atoms with Crippen LogP contribution in [0.5, 0.6) is 5.75 Å². The summed E-state index contributed by atoms with van der Waals surface area (Å²) in [5.41, 5.74) is 2.56. The summed E-state index contributed by atoms with van der Waals surface area (Å²) in [6.07, 6.45) is 2.63. The largest absolute Gasteiger partial charge is 0.495 e. The number of benzene rings is 2. The Hall–Kier alpha value is -1.51. The van der Waals surface area contributed by atoms with Crippen LogP contribution in [0.1, 0.15) is 30.0 Å². The van der Waals surface area contributed by atoms with Gasteiger partial charge >= 0.3 is 0 Å². The third-order valence-corrected chi connectivity index (χ3v) is 4.29. The number of methoxy groups -OCH3 is 1. The first-order valence-corrected chi connectivity index (χ1v) is 7.76. The van der Waals surface area contributed by atoms with Crippen molar-refractivity contribution < 1.29 is 4.74 Å². The van der Waals surface area contributed by atoms with Gasteiger partial charge in [-0.2, -0.15) is 0 Å². The van der Waals surface area contributed by atoms with Crippen LogP contribution in [0.3, 0.4) is 0 Å². The van der Waals surface area contributed by atoms with E-state index in [9.17, 15) is 0 Å². The molecule has 3 heteroatoms. The molecule has 0 spiro atoms. The Morgan fingerprint density at radius 3 is 2.57 bits per heavy atom. The van der Waals surface area contributed by atoms with Gasteiger partial charge in [0.25, 0.3) is 0 Å². The van der Waals surface area contributed by atoms with Crippen molar-refractivity contribution in [3.05, 3.63) is 64.7 Å². The van der Waals surface area contributed by atoms with Gasteiger partial charge in [0, 0.05) is 12.6 Å². The topological polar surface area (TPSA) is 21.3 Å².